The smallest absolute Gasteiger partial charge is 0.382 e. The normalized spacial score (nSPS) is 12.9. The fourth-order valence-corrected chi connectivity index (χ4v) is 2.60. The first kappa shape index (κ1) is 19.8. The minimum atomic E-state index is -4.95. The van der Waals surface area contributed by atoms with Crippen LogP contribution in [0.3, 0.4) is 0 Å². The van der Waals surface area contributed by atoms with E-state index in [1.807, 2.05) is 0 Å². The lowest BCUT2D eigenvalue weighted by Gasteiger charge is -2.17. The van der Waals surface area contributed by atoms with Crippen molar-refractivity contribution in [3.8, 4) is 11.3 Å². The van der Waals surface area contributed by atoms with E-state index in [-0.39, 0.29) is 0 Å². The Labute approximate surface area is 143 Å². The molecular formula is C13H10F6N4O2S. The fraction of sp³-hybridized carbons (Fsp3) is 0.231. The molecule has 0 radical (unpaired) electrons. The third-order valence-corrected chi connectivity index (χ3v) is 3.61. The van der Waals surface area contributed by atoms with Crippen LogP contribution < -0.4 is 10.5 Å². The van der Waals surface area contributed by atoms with Crippen LogP contribution in [0.25, 0.3) is 11.3 Å². The van der Waals surface area contributed by atoms with E-state index in [2.05, 4.69) is 10.2 Å². The number of hydrogen-bond acceptors (Lipinski definition) is 5. The summed E-state index contributed by atoms with van der Waals surface area (Å²) in [5.41, 5.74) is 0.418. The molecule has 1 heterocycles. The second kappa shape index (κ2) is 6.30. The van der Waals surface area contributed by atoms with Gasteiger partial charge in [-0.25, -0.2) is 8.42 Å². The van der Waals surface area contributed by atoms with Gasteiger partial charge in [0.05, 0.1) is 23.1 Å². The molecule has 0 aliphatic carbocycles. The van der Waals surface area contributed by atoms with Gasteiger partial charge in [0, 0.05) is 5.56 Å². The molecular weight excluding hydrogens is 390 g/mol. The van der Waals surface area contributed by atoms with E-state index < -0.39 is 56.3 Å². The molecule has 0 aliphatic heterocycles. The quantitative estimate of drug-likeness (QED) is 0.772. The van der Waals surface area contributed by atoms with Gasteiger partial charge in [0.25, 0.3) is 0 Å². The van der Waals surface area contributed by atoms with E-state index in [0.29, 0.717) is 30.5 Å². The number of alkyl halides is 6. The van der Waals surface area contributed by atoms with Crippen molar-refractivity contribution in [2.45, 2.75) is 12.4 Å². The number of benzene rings is 1. The Morgan fingerprint density at radius 1 is 1.00 bits per heavy atom. The van der Waals surface area contributed by atoms with Crippen LogP contribution in [0.5, 0.6) is 0 Å². The molecule has 1 aromatic carbocycles. The molecule has 13 heteroatoms. The van der Waals surface area contributed by atoms with Crippen molar-refractivity contribution in [1.29, 1.82) is 0 Å². The SMILES string of the molecule is CS(=O)(=O)Nc1cc(C(F)(F)F)ccc1-c1nnc(N)cc1C(F)(F)F. The summed E-state index contributed by atoms with van der Waals surface area (Å²) >= 11 is 0. The van der Waals surface area contributed by atoms with Gasteiger partial charge in [0.15, 0.2) is 0 Å². The molecule has 142 valence electrons. The van der Waals surface area contributed by atoms with Crippen LogP contribution in [0.2, 0.25) is 0 Å². The Morgan fingerprint density at radius 3 is 2.12 bits per heavy atom. The number of hydrogen-bond donors (Lipinski definition) is 2. The summed E-state index contributed by atoms with van der Waals surface area (Å²) in [4.78, 5) is 0. The summed E-state index contributed by atoms with van der Waals surface area (Å²) in [7, 11) is -4.10. The second-order valence-corrected chi connectivity index (χ2v) is 6.91. The highest BCUT2D eigenvalue weighted by Crippen LogP contribution is 2.41. The van der Waals surface area contributed by atoms with E-state index in [9.17, 15) is 34.8 Å². The Hall–Kier alpha value is -2.57. The third-order valence-electron chi connectivity index (χ3n) is 3.02. The molecule has 1 aromatic heterocycles. The summed E-state index contributed by atoms with van der Waals surface area (Å²) in [6, 6.07) is 1.99. The average Bonchev–Trinajstić information content (AvgIpc) is 2.44. The van der Waals surface area contributed by atoms with Crippen LogP contribution >= 0.6 is 0 Å². The van der Waals surface area contributed by atoms with Crippen LogP contribution in [-0.2, 0) is 22.4 Å². The van der Waals surface area contributed by atoms with Gasteiger partial charge in [-0.05, 0) is 18.2 Å². The van der Waals surface area contributed by atoms with Crippen LogP contribution in [-0.4, -0.2) is 24.9 Å². The average molecular weight is 400 g/mol. The lowest BCUT2D eigenvalue weighted by molar-refractivity contribution is -0.138. The van der Waals surface area contributed by atoms with Crippen LogP contribution in [0, 0.1) is 0 Å². The molecule has 0 saturated carbocycles. The lowest BCUT2D eigenvalue weighted by atomic mass is 10.0. The maximum atomic E-state index is 13.2. The zero-order chi connectivity index (χ0) is 19.9. The van der Waals surface area contributed by atoms with E-state index in [1.165, 1.54) is 0 Å². The zero-order valence-corrected chi connectivity index (χ0v) is 13.6. The Kier molecular flexibility index (Phi) is 4.79. The number of halogens is 6. The Bertz CT molecular complexity index is 941. The first-order chi connectivity index (χ1) is 11.7. The molecule has 6 nitrogen and oxygen atoms in total. The van der Waals surface area contributed by atoms with Crippen molar-refractivity contribution in [1.82, 2.24) is 10.2 Å². The van der Waals surface area contributed by atoms with Crippen molar-refractivity contribution >= 4 is 21.5 Å². The number of nitrogens with zero attached hydrogens (tertiary/aromatic N) is 2. The summed E-state index contributed by atoms with van der Waals surface area (Å²) in [6.45, 7) is 0. The summed E-state index contributed by atoms with van der Waals surface area (Å²) in [5, 5.41) is 6.55. The molecule has 0 spiro atoms. The second-order valence-electron chi connectivity index (χ2n) is 5.16. The molecule has 0 aliphatic rings. The van der Waals surface area contributed by atoms with E-state index in [1.54, 1.807) is 4.72 Å². The topological polar surface area (TPSA) is 98.0 Å². The molecule has 0 unspecified atom stereocenters. The lowest BCUT2D eigenvalue weighted by Crippen LogP contribution is -2.15. The fourth-order valence-electron chi connectivity index (χ4n) is 2.03. The largest absolute Gasteiger partial charge is 0.418 e. The van der Waals surface area contributed by atoms with E-state index in [0.717, 1.165) is 0 Å². The molecule has 0 saturated heterocycles. The third kappa shape index (κ3) is 4.53. The number of sulfonamides is 1. The summed E-state index contributed by atoms with van der Waals surface area (Å²) < 4.78 is 103. The number of aromatic nitrogens is 2. The van der Waals surface area contributed by atoms with Crippen molar-refractivity contribution in [2.24, 2.45) is 0 Å². The summed E-state index contributed by atoms with van der Waals surface area (Å²) in [6.07, 6.45) is -9.16. The monoisotopic (exact) mass is 400 g/mol. The van der Waals surface area contributed by atoms with Gasteiger partial charge < -0.3 is 5.73 Å². The Morgan fingerprint density at radius 2 is 1.62 bits per heavy atom. The predicted octanol–water partition coefficient (Wildman–Crippen LogP) is 3.13. The standard InChI is InChI=1S/C13H10F6N4O2S/c1-26(24,25)23-9-4-6(12(14,15)16)2-3-7(9)11-8(13(17,18)19)5-10(20)21-22-11/h2-5,23H,1H3,(H2,20,21). The predicted molar refractivity (Wildman–Crippen MR) is 80.4 cm³/mol. The minimum Gasteiger partial charge on any atom is -0.382 e. The summed E-state index contributed by atoms with van der Waals surface area (Å²) in [5.74, 6) is -0.564. The number of nitrogen functional groups attached to an aromatic ring is 1. The molecule has 26 heavy (non-hydrogen) atoms. The number of nitrogens with one attached hydrogen (secondary N) is 1. The van der Waals surface area contributed by atoms with Crippen LogP contribution in [0.1, 0.15) is 11.1 Å². The van der Waals surface area contributed by atoms with Crippen molar-refractivity contribution in [3.05, 3.63) is 35.4 Å². The van der Waals surface area contributed by atoms with Gasteiger partial charge in [-0.3, -0.25) is 4.72 Å². The molecule has 0 fully saturated rings. The van der Waals surface area contributed by atoms with Gasteiger partial charge in [0.1, 0.15) is 11.5 Å². The number of anilines is 2. The van der Waals surface area contributed by atoms with Gasteiger partial charge in [-0.15, -0.1) is 10.2 Å². The van der Waals surface area contributed by atoms with Crippen molar-refractivity contribution < 1.29 is 34.8 Å². The van der Waals surface area contributed by atoms with Gasteiger partial charge >= 0.3 is 12.4 Å². The maximum Gasteiger partial charge on any atom is 0.418 e. The van der Waals surface area contributed by atoms with E-state index >= 15 is 0 Å². The highest BCUT2D eigenvalue weighted by atomic mass is 32.2. The molecule has 0 atom stereocenters. The highest BCUT2D eigenvalue weighted by Gasteiger charge is 2.37. The van der Waals surface area contributed by atoms with Crippen molar-refractivity contribution in [3.63, 3.8) is 0 Å². The number of nitrogens with two attached hydrogens (primary N) is 1. The molecule has 2 aromatic rings. The number of rotatable bonds is 3. The van der Waals surface area contributed by atoms with Gasteiger partial charge in [-0.1, -0.05) is 6.07 Å². The van der Waals surface area contributed by atoms with E-state index in [4.69, 9.17) is 5.73 Å². The Balaban J connectivity index is 2.78. The molecule has 3 N–H and O–H groups in total. The molecule has 0 amide bonds. The highest BCUT2D eigenvalue weighted by molar-refractivity contribution is 7.92. The maximum absolute atomic E-state index is 13.2. The first-order valence-electron chi connectivity index (χ1n) is 6.58. The molecule has 0 bridgehead atoms. The van der Waals surface area contributed by atoms with Gasteiger partial charge in [-0.2, -0.15) is 26.3 Å². The van der Waals surface area contributed by atoms with Crippen LogP contribution in [0.4, 0.5) is 37.8 Å². The zero-order valence-electron chi connectivity index (χ0n) is 12.8. The molecule has 2 rings (SSSR count). The van der Waals surface area contributed by atoms with Gasteiger partial charge in [0.2, 0.25) is 10.0 Å². The van der Waals surface area contributed by atoms with Crippen LogP contribution in [0.15, 0.2) is 24.3 Å². The minimum absolute atomic E-state index is 0.370. The van der Waals surface area contributed by atoms with Crippen molar-refractivity contribution in [2.75, 3.05) is 16.7 Å². The first-order valence-corrected chi connectivity index (χ1v) is 8.47.